The molecular formula is C16H28N4O3S. The van der Waals surface area contributed by atoms with Crippen LogP contribution in [0.15, 0.2) is 17.2 Å². The van der Waals surface area contributed by atoms with Crippen LogP contribution in [-0.2, 0) is 17.1 Å². The van der Waals surface area contributed by atoms with Crippen molar-refractivity contribution in [3.05, 3.63) is 18.0 Å². The molecule has 0 aromatic carbocycles. The van der Waals surface area contributed by atoms with Gasteiger partial charge >= 0.3 is 0 Å². The van der Waals surface area contributed by atoms with E-state index in [4.69, 9.17) is 0 Å². The van der Waals surface area contributed by atoms with Crippen LogP contribution in [0.2, 0.25) is 0 Å². The number of rotatable bonds is 6. The number of hydrogen-bond donors (Lipinski definition) is 1. The average molecular weight is 356 g/mol. The van der Waals surface area contributed by atoms with E-state index in [9.17, 15) is 13.2 Å². The van der Waals surface area contributed by atoms with Crippen LogP contribution in [0.5, 0.6) is 0 Å². The lowest BCUT2D eigenvalue weighted by molar-refractivity contribution is 0.0787. The molecule has 0 saturated carbocycles. The third-order valence-electron chi connectivity index (χ3n) is 4.50. The maximum atomic E-state index is 12.8. The van der Waals surface area contributed by atoms with Crippen molar-refractivity contribution < 1.29 is 13.2 Å². The lowest BCUT2D eigenvalue weighted by Crippen LogP contribution is -2.38. The van der Waals surface area contributed by atoms with Crippen LogP contribution in [0.3, 0.4) is 0 Å². The topological polar surface area (TPSA) is 74.7 Å². The summed E-state index contributed by atoms with van der Waals surface area (Å²) < 4.78 is 28.8. The van der Waals surface area contributed by atoms with E-state index in [0.717, 1.165) is 12.8 Å². The van der Waals surface area contributed by atoms with Gasteiger partial charge in [-0.2, -0.15) is 4.31 Å². The number of likely N-dealkylation sites (N-methyl/N-ethyl adjacent to an activating group) is 2. The number of nitrogens with one attached hydrogen (secondary N) is 1. The summed E-state index contributed by atoms with van der Waals surface area (Å²) in [5.74, 6) is 0.187. The van der Waals surface area contributed by atoms with Crippen molar-refractivity contribution in [2.24, 2.45) is 13.0 Å². The lowest BCUT2D eigenvalue weighted by atomic mass is 10.0. The molecule has 1 saturated heterocycles. The van der Waals surface area contributed by atoms with Gasteiger partial charge < -0.3 is 14.8 Å². The Morgan fingerprint density at radius 1 is 1.46 bits per heavy atom. The summed E-state index contributed by atoms with van der Waals surface area (Å²) in [5, 5.41) is 2.99. The largest absolute Gasteiger partial charge is 0.345 e. The Labute approximate surface area is 144 Å². The van der Waals surface area contributed by atoms with Crippen molar-refractivity contribution in [3.8, 4) is 0 Å². The van der Waals surface area contributed by atoms with Gasteiger partial charge in [0.1, 0.15) is 10.6 Å². The number of nitrogens with zero attached hydrogens (tertiary/aromatic N) is 3. The first-order valence-corrected chi connectivity index (χ1v) is 9.78. The predicted molar refractivity (Wildman–Crippen MR) is 93.5 cm³/mol. The van der Waals surface area contributed by atoms with Crippen molar-refractivity contribution >= 4 is 15.9 Å². The molecule has 1 fully saturated rings. The van der Waals surface area contributed by atoms with Gasteiger partial charge in [-0.05, 0) is 31.9 Å². The molecule has 1 aromatic heterocycles. The zero-order chi connectivity index (χ0) is 17.9. The summed E-state index contributed by atoms with van der Waals surface area (Å²) in [6, 6.07) is 1.49. The number of sulfonamides is 1. The minimum absolute atomic E-state index is 0.179. The Balaban J connectivity index is 2.22. The number of hydrogen-bond acceptors (Lipinski definition) is 4. The molecule has 7 nitrogen and oxygen atoms in total. The number of carbonyl (C=O) groups is 1. The first-order chi connectivity index (χ1) is 11.3. The second-order valence-electron chi connectivity index (χ2n) is 6.61. The Bertz CT molecular complexity index is 683. The maximum absolute atomic E-state index is 12.8. The molecule has 1 aliphatic heterocycles. The number of piperidine rings is 1. The molecule has 0 bridgehead atoms. The maximum Gasteiger partial charge on any atom is 0.270 e. The summed E-state index contributed by atoms with van der Waals surface area (Å²) in [4.78, 5) is 14.3. The van der Waals surface area contributed by atoms with Crippen LogP contribution in [0, 0.1) is 5.92 Å². The zero-order valence-corrected chi connectivity index (χ0v) is 15.8. The molecule has 1 atom stereocenters. The molecule has 0 spiro atoms. The van der Waals surface area contributed by atoms with E-state index in [2.05, 4.69) is 12.2 Å². The van der Waals surface area contributed by atoms with Gasteiger partial charge in [0.15, 0.2) is 0 Å². The SMILES string of the molecule is CNCCN(C)C(=O)c1cc(S(=O)(=O)N2CCCC(C)C2)cn1C. The first kappa shape index (κ1) is 19.0. The zero-order valence-electron chi connectivity index (χ0n) is 14.9. The first-order valence-electron chi connectivity index (χ1n) is 8.34. The minimum atomic E-state index is -3.54. The molecule has 1 N–H and O–H groups in total. The number of carbonyl (C=O) groups excluding carboxylic acids is 1. The van der Waals surface area contributed by atoms with Gasteiger partial charge in [-0.15, -0.1) is 0 Å². The van der Waals surface area contributed by atoms with Crippen LogP contribution in [0.4, 0.5) is 0 Å². The Kier molecular flexibility index (Phi) is 6.06. The molecule has 1 aliphatic rings. The van der Waals surface area contributed by atoms with Gasteiger partial charge in [0, 0.05) is 46.5 Å². The van der Waals surface area contributed by atoms with Gasteiger partial charge in [0.25, 0.3) is 5.91 Å². The van der Waals surface area contributed by atoms with Gasteiger partial charge in [-0.3, -0.25) is 4.79 Å². The molecule has 1 amide bonds. The van der Waals surface area contributed by atoms with Crippen LogP contribution < -0.4 is 5.32 Å². The summed E-state index contributed by atoms with van der Waals surface area (Å²) in [7, 11) is 1.70. The van der Waals surface area contributed by atoms with E-state index >= 15 is 0 Å². The number of aryl methyl sites for hydroxylation is 1. The third-order valence-corrected chi connectivity index (χ3v) is 6.33. The van der Waals surface area contributed by atoms with Crippen LogP contribution >= 0.6 is 0 Å². The van der Waals surface area contributed by atoms with E-state index in [1.54, 1.807) is 23.6 Å². The van der Waals surface area contributed by atoms with Crippen LogP contribution in [-0.4, -0.2) is 68.4 Å². The summed E-state index contributed by atoms with van der Waals surface area (Å²) in [6.45, 7) is 4.41. The number of aromatic nitrogens is 1. The van der Waals surface area contributed by atoms with Crippen molar-refractivity contribution in [1.29, 1.82) is 0 Å². The van der Waals surface area contributed by atoms with Crippen molar-refractivity contribution in [1.82, 2.24) is 19.1 Å². The molecule has 8 heteroatoms. The highest BCUT2D eigenvalue weighted by Crippen LogP contribution is 2.24. The third kappa shape index (κ3) is 3.99. The summed E-state index contributed by atoms with van der Waals surface area (Å²) in [6.07, 6.45) is 3.47. The van der Waals surface area contributed by atoms with Gasteiger partial charge in [-0.25, -0.2) is 8.42 Å². The van der Waals surface area contributed by atoms with Crippen LogP contribution in [0.25, 0.3) is 0 Å². The molecule has 0 aliphatic carbocycles. The van der Waals surface area contributed by atoms with Crippen molar-refractivity contribution in [2.45, 2.75) is 24.7 Å². The summed E-state index contributed by atoms with van der Waals surface area (Å²) in [5.41, 5.74) is 0.386. The van der Waals surface area contributed by atoms with Crippen molar-refractivity contribution in [3.63, 3.8) is 0 Å². The molecule has 2 heterocycles. The smallest absolute Gasteiger partial charge is 0.270 e. The molecular weight excluding hydrogens is 328 g/mol. The monoisotopic (exact) mass is 356 g/mol. The van der Waals surface area contributed by atoms with Gasteiger partial charge in [0.05, 0.1) is 0 Å². The summed E-state index contributed by atoms with van der Waals surface area (Å²) >= 11 is 0. The fourth-order valence-corrected chi connectivity index (χ4v) is 4.65. The fraction of sp³-hybridized carbons (Fsp3) is 0.688. The molecule has 1 unspecified atom stereocenters. The van der Waals surface area contributed by atoms with E-state index in [1.807, 2.05) is 7.05 Å². The molecule has 24 heavy (non-hydrogen) atoms. The quantitative estimate of drug-likeness (QED) is 0.816. The highest BCUT2D eigenvalue weighted by atomic mass is 32.2. The highest BCUT2D eigenvalue weighted by molar-refractivity contribution is 7.89. The van der Waals surface area contributed by atoms with Crippen LogP contribution in [0.1, 0.15) is 30.3 Å². The Hall–Kier alpha value is -1.38. The molecule has 1 aromatic rings. The molecule has 0 radical (unpaired) electrons. The second kappa shape index (κ2) is 7.67. The van der Waals surface area contributed by atoms with Gasteiger partial charge in [-0.1, -0.05) is 6.92 Å². The van der Waals surface area contributed by atoms with Crippen molar-refractivity contribution in [2.75, 3.05) is 40.3 Å². The average Bonchev–Trinajstić information content (AvgIpc) is 2.94. The standard InChI is InChI=1S/C16H28N4O3S/c1-13-6-5-8-20(11-13)24(22,23)14-10-15(19(4)12-14)16(21)18(3)9-7-17-2/h10,12-13,17H,5-9,11H2,1-4H3. The minimum Gasteiger partial charge on any atom is -0.345 e. The Morgan fingerprint density at radius 2 is 2.17 bits per heavy atom. The number of amides is 1. The lowest BCUT2D eigenvalue weighted by Gasteiger charge is -2.29. The van der Waals surface area contributed by atoms with E-state index in [-0.39, 0.29) is 10.8 Å². The van der Waals surface area contributed by atoms with Gasteiger partial charge in [0.2, 0.25) is 10.0 Å². The Morgan fingerprint density at radius 3 is 2.79 bits per heavy atom. The fourth-order valence-electron chi connectivity index (χ4n) is 2.98. The second-order valence-corrected chi connectivity index (χ2v) is 8.55. The molecule has 2 rings (SSSR count). The molecule has 136 valence electrons. The van der Waals surface area contributed by atoms with E-state index in [0.29, 0.717) is 37.8 Å². The highest BCUT2D eigenvalue weighted by Gasteiger charge is 2.30. The van der Waals surface area contributed by atoms with E-state index in [1.165, 1.54) is 16.6 Å². The normalized spacial score (nSPS) is 19.4. The predicted octanol–water partition coefficient (Wildman–Crippen LogP) is 0.737. The van der Waals surface area contributed by atoms with E-state index < -0.39 is 10.0 Å².